The molecule has 0 unspecified atom stereocenters. The van der Waals surface area contributed by atoms with Crippen LogP contribution in [-0.2, 0) is 19.4 Å². The Balaban J connectivity index is 1.83. The van der Waals surface area contributed by atoms with Crippen LogP contribution in [0.25, 0.3) is 11.1 Å². The van der Waals surface area contributed by atoms with Gasteiger partial charge in [-0.25, -0.2) is 4.98 Å². The van der Waals surface area contributed by atoms with E-state index in [1.54, 1.807) is 23.8 Å². The number of aryl methyl sites for hydroxylation is 2. The first-order chi connectivity index (χ1) is 17.6. The lowest BCUT2D eigenvalue weighted by molar-refractivity contribution is 0.406. The lowest BCUT2D eigenvalue weighted by Crippen LogP contribution is -2.28. The fourth-order valence-electron chi connectivity index (χ4n) is 4.22. The van der Waals surface area contributed by atoms with Crippen molar-refractivity contribution >= 4 is 0 Å². The quantitative estimate of drug-likeness (QED) is 0.288. The van der Waals surface area contributed by atoms with Gasteiger partial charge in [-0.2, -0.15) is 5.26 Å². The van der Waals surface area contributed by atoms with Gasteiger partial charge in [0.2, 0.25) is 5.75 Å². The first-order valence-corrected chi connectivity index (χ1v) is 12.1. The van der Waals surface area contributed by atoms with Crippen LogP contribution < -0.4 is 15.0 Å². The fraction of sp³-hybridized carbons (Fsp3) is 0.233. The van der Waals surface area contributed by atoms with Crippen LogP contribution in [0.1, 0.15) is 42.9 Å². The van der Waals surface area contributed by atoms with Crippen LogP contribution in [0.3, 0.4) is 0 Å². The van der Waals surface area contributed by atoms with E-state index in [0.717, 1.165) is 23.1 Å². The van der Waals surface area contributed by atoms with Gasteiger partial charge in [0.25, 0.3) is 5.56 Å². The molecule has 0 saturated carbocycles. The summed E-state index contributed by atoms with van der Waals surface area (Å²) in [6, 6.07) is 25.1. The first kappa shape index (κ1) is 24.7. The topological polar surface area (TPSA) is 77.1 Å². The Labute approximate surface area is 211 Å². The Morgan fingerprint density at radius 1 is 0.972 bits per heavy atom. The smallest absolute Gasteiger partial charge is 0.297 e. The minimum atomic E-state index is -0.262. The highest BCUT2D eigenvalue weighted by Gasteiger charge is 2.20. The molecule has 4 aromatic rings. The van der Waals surface area contributed by atoms with Gasteiger partial charge in [0, 0.05) is 12.5 Å². The van der Waals surface area contributed by atoms with E-state index in [1.165, 1.54) is 0 Å². The molecule has 3 aromatic carbocycles. The van der Waals surface area contributed by atoms with Gasteiger partial charge in [-0.1, -0.05) is 68.4 Å². The van der Waals surface area contributed by atoms with Gasteiger partial charge in [-0.15, -0.1) is 0 Å². The SMILES string of the molecule is CCCc1nc(CC)c(Oc2cccc(OC)c2)c(=O)n1Cc1cccc(-c2ccccc2)c1C#N. The van der Waals surface area contributed by atoms with E-state index in [0.29, 0.717) is 41.4 Å². The lowest BCUT2D eigenvalue weighted by Gasteiger charge is -2.18. The lowest BCUT2D eigenvalue weighted by atomic mass is 9.96. The molecule has 1 heterocycles. The van der Waals surface area contributed by atoms with Gasteiger partial charge in [0.05, 0.1) is 24.9 Å². The summed E-state index contributed by atoms with van der Waals surface area (Å²) in [7, 11) is 1.58. The predicted octanol–water partition coefficient (Wildman–Crippen LogP) is 6.15. The molecule has 1 aromatic heterocycles. The highest BCUT2D eigenvalue weighted by Crippen LogP contribution is 2.28. The van der Waals surface area contributed by atoms with Gasteiger partial charge in [0.1, 0.15) is 23.4 Å². The molecule has 0 radical (unpaired) electrons. The number of rotatable bonds is 9. The van der Waals surface area contributed by atoms with Crippen molar-refractivity contribution in [2.45, 2.75) is 39.7 Å². The normalized spacial score (nSPS) is 10.6. The summed E-state index contributed by atoms with van der Waals surface area (Å²) in [6.07, 6.45) is 2.03. The van der Waals surface area contributed by atoms with Gasteiger partial charge < -0.3 is 9.47 Å². The number of aromatic nitrogens is 2. The third-order valence-electron chi connectivity index (χ3n) is 6.02. The molecule has 182 valence electrons. The molecule has 6 nitrogen and oxygen atoms in total. The largest absolute Gasteiger partial charge is 0.497 e. The summed E-state index contributed by atoms with van der Waals surface area (Å²) < 4.78 is 13.0. The van der Waals surface area contributed by atoms with Crippen LogP contribution >= 0.6 is 0 Å². The van der Waals surface area contributed by atoms with Crippen LogP contribution in [0.15, 0.2) is 77.6 Å². The first-order valence-electron chi connectivity index (χ1n) is 12.1. The molecular weight excluding hydrogens is 450 g/mol. The summed E-state index contributed by atoms with van der Waals surface area (Å²) in [4.78, 5) is 18.7. The maximum Gasteiger partial charge on any atom is 0.297 e. The van der Waals surface area contributed by atoms with Crippen LogP contribution in [0, 0.1) is 11.3 Å². The number of benzene rings is 3. The second-order valence-corrected chi connectivity index (χ2v) is 8.40. The monoisotopic (exact) mass is 479 g/mol. The van der Waals surface area contributed by atoms with Crippen LogP contribution in [0.4, 0.5) is 0 Å². The molecule has 0 aliphatic rings. The van der Waals surface area contributed by atoms with E-state index >= 15 is 0 Å². The van der Waals surface area contributed by atoms with Crippen LogP contribution in [0.2, 0.25) is 0 Å². The molecule has 0 amide bonds. The van der Waals surface area contributed by atoms with E-state index in [4.69, 9.17) is 14.5 Å². The third kappa shape index (κ3) is 5.16. The van der Waals surface area contributed by atoms with Crippen molar-refractivity contribution in [3.63, 3.8) is 0 Å². The van der Waals surface area contributed by atoms with Gasteiger partial charge >= 0.3 is 0 Å². The minimum absolute atomic E-state index is 0.198. The number of nitriles is 1. The molecule has 0 atom stereocenters. The average Bonchev–Trinajstić information content (AvgIpc) is 2.92. The maximum absolute atomic E-state index is 13.8. The van der Waals surface area contributed by atoms with Gasteiger partial charge in [-0.05, 0) is 41.7 Å². The van der Waals surface area contributed by atoms with Crippen LogP contribution in [-0.4, -0.2) is 16.7 Å². The second kappa shape index (κ2) is 11.4. The Morgan fingerprint density at radius 3 is 2.42 bits per heavy atom. The zero-order valence-electron chi connectivity index (χ0n) is 20.8. The van der Waals surface area contributed by atoms with E-state index in [1.807, 2.05) is 67.6 Å². The van der Waals surface area contributed by atoms with Crippen LogP contribution in [0.5, 0.6) is 17.2 Å². The predicted molar refractivity (Wildman–Crippen MR) is 141 cm³/mol. The number of ether oxygens (including phenoxy) is 2. The third-order valence-corrected chi connectivity index (χ3v) is 6.02. The average molecular weight is 480 g/mol. The summed E-state index contributed by atoms with van der Waals surface area (Å²) in [5.74, 6) is 2.02. The Bertz CT molecular complexity index is 1450. The highest BCUT2D eigenvalue weighted by atomic mass is 16.5. The Hall–Kier alpha value is -4.37. The van der Waals surface area contributed by atoms with Crippen molar-refractivity contribution in [1.82, 2.24) is 9.55 Å². The van der Waals surface area contributed by atoms with E-state index in [-0.39, 0.29) is 17.9 Å². The molecule has 6 heteroatoms. The number of methoxy groups -OCH3 is 1. The molecule has 0 fully saturated rings. The molecule has 0 bridgehead atoms. The zero-order chi connectivity index (χ0) is 25.5. The maximum atomic E-state index is 13.8. The molecule has 0 saturated heterocycles. The second-order valence-electron chi connectivity index (χ2n) is 8.40. The molecule has 36 heavy (non-hydrogen) atoms. The molecule has 4 rings (SSSR count). The molecular formula is C30H29N3O3. The van der Waals surface area contributed by atoms with E-state index in [2.05, 4.69) is 13.0 Å². The number of hydrogen-bond donors (Lipinski definition) is 0. The van der Waals surface area contributed by atoms with Crippen molar-refractivity contribution in [3.8, 4) is 34.4 Å². The van der Waals surface area contributed by atoms with Crippen molar-refractivity contribution in [2.24, 2.45) is 0 Å². The summed E-state index contributed by atoms with van der Waals surface area (Å²) in [6.45, 7) is 4.24. The molecule has 0 aliphatic heterocycles. The summed E-state index contributed by atoms with van der Waals surface area (Å²) >= 11 is 0. The van der Waals surface area contributed by atoms with Crippen molar-refractivity contribution in [2.75, 3.05) is 7.11 Å². The Kier molecular flexibility index (Phi) is 7.82. The van der Waals surface area contributed by atoms with E-state index in [9.17, 15) is 10.1 Å². The van der Waals surface area contributed by atoms with Gasteiger partial charge in [-0.3, -0.25) is 9.36 Å². The summed E-state index contributed by atoms with van der Waals surface area (Å²) in [5.41, 5.74) is 3.46. The van der Waals surface area contributed by atoms with E-state index < -0.39 is 0 Å². The minimum Gasteiger partial charge on any atom is -0.497 e. The summed E-state index contributed by atoms with van der Waals surface area (Å²) in [5, 5.41) is 10.1. The van der Waals surface area contributed by atoms with Crippen molar-refractivity contribution < 1.29 is 9.47 Å². The van der Waals surface area contributed by atoms with Gasteiger partial charge in [0.15, 0.2) is 0 Å². The zero-order valence-corrected chi connectivity index (χ0v) is 20.8. The fourth-order valence-corrected chi connectivity index (χ4v) is 4.22. The van der Waals surface area contributed by atoms with Crippen molar-refractivity contribution in [3.05, 3.63) is 106 Å². The molecule has 0 N–H and O–H groups in total. The molecule has 0 spiro atoms. The highest BCUT2D eigenvalue weighted by molar-refractivity contribution is 5.72. The molecule has 0 aliphatic carbocycles. The number of nitrogens with zero attached hydrogens (tertiary/aromatic N) is 3. The van der Waals surface area contributed by atoms with Crippen molar-refractivity contribution in [1.29, 1.82) is 5.26 Å². The number of hydrogen-bond acceptors (Lipinski definition) is 5. The standard InChI is InChI=1S/C30H29N3O3/c1-4-11-28-32-27(5-2)29(36-24-16-10-15-23(18-24)35-3)30(34)33(28)20-22-14-9-17-25(26(22)19-31)21-12-7-6-8-13-21/h6-10,12-18H,4-5,11,20H2,1-3H3. The Morgan fingerprint density at radius 2 is 1.72 bits per heavy atom.